The Kier molecular flexibility index (Phi) is 15.1. The summed E-state index contributed by atoms with van der Waals surface area (Å²) in [5.41, 5.74) is 9.67. The zero-order valence-corrected chi connectivity index (χ0v) is 14.5. The van der Waals surface area contributed by atoms with Crippen molar-refractivity contribution in [3.05, 3.63) is 0 Å². The Bertz CT molecular complexity index is 265. The molecule has 0 aromatic rings. The molecule has 11 heteroatoms. The van der Waals surface area contributed by atoms with Crippen molar-refractivity contribution in [2.75, 3.05) is 0 Å². The quantitative estimate of drug-likeness (QED) is 0.199. The summed E-state index contributed by atoms with van der Waals surface area (Å²) in [6.07, 6.45) is -5.08. The van der Waals surface area contributed by atoms with Crippen LogP contribution in [0.4, 0.5) is 13.2 Å². The van der Waals surface area contributed by atoms with Crippen LogP contribution in [0.1, 0.15) is 1.43 Å². The van der Waals surface area contributed by atoms with E-state index in [1.807, 2.05) is 0 Å². The molecule has 82 valence electrons. The fourth-order valence-electron chi connectivity index (χ4n) is 0.0731. The smallest absolute Gasteiger partial charge is 1.00 e. The molecule has 6 nitrogen and oxygen atoms in total. The molecule has 0 aromatic carbocycles. The van der Waals surface area contributed by atoms with E-state index < -0.39 is 12.1 Å². The zero-order valence-electron chi connectivity index (χ0n) is 8.45. The first-order chi connectivity index (χ1) is 6.21. The molecule has 0 amide bonds. The molecule has 0 bridgehead atoms. The number of guanidine groups is 1. The number of thiocyanates is 1. The van der Waals surface area contributed by atoms with E-state index in [-0.39, 0.29) is 76.3 Å². The van der Waals surface area contributed by atoms with E-state index in [9.17, 15) is 13.2 Å². The van der Waals surface area contributed by atoms with Gasteiger partial charge in [0.05, 0.1) is 11.9 Å². The number of rotatable bonds is 1. The van der Waals surface area contributed by atoms with Gasteiger partial charge >= 0.3 is 81.0 Å². The molecule has 5 N–H and O–H groups in total. The second-order valence-corrected chi connectivity index (χ2v) is 2.05. The molecule has 0 heterocycles. The van der Waals surface area contributed by atoms with E-state index in [1.54, 1.807) is 5.40 Å². The second-order valence-electron chi connectivity index (χ2n) is 1.50. The van der Waals surface area contributed by atoms with Gasteiger partial charge in [0.1, 0.15) is 0 Å². The Morgan fingerprint density at radius 3 is 1.93 bits per heavy atom. The van der Waals surface area contributed by atoms with Crippen LogP contribution in [0.2, 0.25) is 0 Å². The van der Waals surface area contributed by atoms with Crippen molar-refractivity contribution in [1.82, 2.24) is 0 Å². The summed E-state index contributed by atoms with van der Waals surface area (Å²) in [4.78, 5) is 8.90. The zero-order chi connectivity index (χ0) is 11.8. The molecule has 0 unspecified atom stereocenters. The maximum absolute atomic E-state index is 10.6. The predicted octanol–water partition coefficient (Wildman–Crippen LogP) is -2.86. The molecule has 0 fully saturated rings. The summed E-state index contributed by atoms with van der Waals surface area (Å²) in [6, 6.07) is 0. The minimum atomic E-state index is -5.08. The van der Waals surface area contributed by atoms with Gasteiger partial charge < -0.3 is 18.0 Å². The Labute approximate surface area is 147 Å². The number of carboxylic acids is 1. The SMILES string of the molecule is N#CSN=C(N)N.O=C(O)C(F)(F)F.[Cs+].[H-]. The number of hydrogen-bond acceptors (Lipinski definition) is 4. The molecule has 0 atom stereocenters. The maximum atomic E-state index is 10.6. The van der Waals surface area contributed by atoms with E-state index in [2.05, 4.69) is 4.40 Å². The molecule has 0 aliphatic rings. The topological polar surface area (TPSA) is 125 Å². The van der Waals surface area contributed by atoms with Gasteiger partial charge in [0.2, 0.25) is 0 Å². The summed E-state index contributed by atoms with van der Waals surface area (Å²) in [5.74, 6) is -2.83. The van der Waals surface area contributed by atoms with Crippen molar-refractivity contribution in [2.45, 2.75) is 6.18 Å². The van der Waals surface area contributed by atoms with Gasteiger partial charge in [-0.1, -0.05) is 0 Å². The predicted molar refractivity (Wildman–Crippen MR) is 43.8 cm³/mol. The molecule has 0 aromatic heterocycles. The van der Waals surface area contributed by atoms with Crippen LogP contribution >= 0.6 is 11.9 Å². The summed E-state index contributed by atoms with van der Waals surface area (Å²) in [6.45, 7) is 0. The van der Waals surface area contributed by atoms with E-state index >= 15 is 0 Å². The summed E-state index contributed by atoms with van der Waals surface area (Å²) in [7, 11) is 0. The van der Waals surface area contributed by atoms with Gasteiger partial charge in [0.15, 0.2) is 11.4 Å². The fourth-order valence-corrected chi connectivity index (χ4v) is 0.219. The Morgan fingerprint density at radius 1 is 1.53 bits per heavy atom. The van der Waals surface area contributed by atoms with Crippen LogP contribution < -0.4 is 80.4 Å². The third-order valence-corrected chi connectivity index (χ3v) is 0.818. The van der Waals surface area contributed by atoms with Crippen LogP contribution in [0, 0.1) is 10.7 Å². The first-order valence-electron chi connectivity index (χ1n) is 2.66. The van der Waals surface area contributed by atoms with Gasteiger partial charge in [0, 0.05) is 0 Å². The third kappa shape index (κ3) is 20.5. The van der Waals surface area contributed by atoms with Crippen LogP contribution in [0.15, 0.2) is 4.40 Å². The molecule has 15 heavy (non-hydrogen) atoms. The average molecular weight is 364 g/mol. The Morgan fingerprint density at radius 2 is 1.87 bits per heavy atom. The minimum Gasteiger partial charge on any atom is -1.00 e. The number of halogens is 3. The van der Waals surface area contributed by atoms with Crippen LogP contribution in [0.25, 0.3) is 0 Å². The summed E-state index contributed by atoms with van der Waals surface area (Å²) >= 11 is 0.660. The maximum Gasteiger partial charge on any atom is 1.00 e. The van der Waals surface area contributed by atoms with E-state index in [0.29, 0.717) is 11.9 Å². The first kappa shape index (κ1) is 20.8. The molecule has 0 aliphatic carbocycles. The summed E-state index contributed by atoms with van der Waals surface area (Å²) in [5, 5.41) is 16.6. The molecule has 0 saturated heterocycles. The second kappa shape index (κ2) is 10.9. The van der Waals surface area contributed by atoms with Gasteiger partial charge in [-0.2, -0.15) is 22.8 Å². The molecule has 0 aliphatic heterocycles. The van der Waals surface area contributed by atoms with Gasteiger partial charge in [-0.15, -0.1) is 0 Å². The van der Waals surface area contributed by atoms with Crippen molar-refractivity contribution < 1.29 is 93.4 Å². The number of nitrogens with two attached hydrogens (primary N) is 2. The average Bonchev–Trinajstić information content (AvgIpc) is 2.00. The Hall–Kier alpha value is 0.422. The van der Waals surface area contributed by atoms with Crippen molar-refractivity contribution in [3.63, 3.8) is 0 Å². The minimum absolute atomic E-state index is 0. The van der Waals surface area contributed by atoms with Crippen LogP contribution in [-0.2, 0) is 4.79 Å². The number of nitriles is 1. The van der Waals surface area contributed by atoms with E-state index in [4.69, 9.17) is 26.6 Å². The fraction of sp³-hybridized carbons (Fsp3) is 0.250. The standard InChI is InChI=1S/C2HF3O2.C2H4N4S.Cs.H/c3-2(4,5)1(6)7;3-1-7-6-2(4)5;;/h(H,6,7);(H4,4,5,6);;/q;;+1;-1. The molecular weight excluding hydrogens is 358 g/mol. The summed E-state index contributed by atoms with van der Waals surface area (Å²) < 4.78 is 35.0. The monoisotopic (exact) mass is 364 g/mol. The molecule has 0 saturated carbocycles. The van der Waals surface area contributed by atoms with Gasteiger partial charge in [-0.25, -0.2) is 4.79 Å². The Balaban J connectivity index is -0.0000000800. The number of carboxylic acid groups (broad SMARTS) is 1. The van der Waals surface area contributed by atoms with E-state index in [1.165, 1.54) is 0 Å². The largest absolute Gasteiger partial charge is 1.00 e. The molecule has 0 radical (unpaired) electrons. The van der Waals surface area contributed by atoms with Gasteiger partial charge in [-0.3, -0.25) is 0 Å². The van der Waals surface area contributed by atoms with Crippen molar-refractivity contribution in [3.8, 4) is 5.40 Å². The molecular formula is C4H6CsF3N4O2S. The van der Waals surface area contributed by atoms with Crippen LogP contribution in [0.5, 0.6) is 0 Å². The van der Waals surface area contributed by atoms with Gasteiger partial charge in [0.25, 0.3) is 0 Å². The van der Waals surface area contributed by atoms with Crippen LogP contribution in [0.3, 0.4) is 0 Å². The third-order valence-electron chi connectivity index (χ3n) is 0.434. The number of carbonyl (C=O) groups is 1. The van der Waals surface area contributed by atoms with Crippen molar-refractivity contribution in [2.24, 2.45) is 15.9 Å². The number of hydrogen-bond donors (Lipinski definition) is 3. The van der Waals surface area contributed by atoms with Crippen molar-refractivity contribution >= 4 is 23.9 Å². The number of aliphatic carboxylic acids is 1. The molecule has 0 spiro atoms. The van der Waals surface area contributed by atoms with Crippen LogP contribution in [-0.4, -0.2) is 23.2 Å². The van der Waals surface area contributed by atoms with Crippen molar-refractivity contribution in [1.29, 1.82) is 5.26 Å². The van der Waals surface area contributed by atoms with Gasteiger partial charge in [-0.05, 0) is 0 Å². The van der Waals surface area contributed by atoms with E-state index in [0.717, 1.165) is 0 Å². The first-order valence-corrected chi connectivity index (χ1v) is 3.43. The molecule has 0 rings (SSSR count). The normalized spacial score (nSPS) is 8.40. The number of alkyl halides is 3. The number of nitrogens with zero attached hydrogens (tertiary/aromatic N) is 2.